The van der Waals surface area contributed by atoms with Gasteiger partial charge in [0.1, 0.15) is 5.78 Å². The number of hydrogen-bond acceptors (Lipinski definition) is 2. The molecule has 1 aromatic carbocycles. The first-order valence-electron chi connectivity index (χ1n) is 6.41. The summed E-state index contributed by atoms with van der Waals surface area (Å²) in [7, 11) is 0. The van der Waals surface area contributed by atoms with Crippen LogP contribution in [-0.4, -0.2) is 11.8 Å². The molecule has 17 heavy (non-hydrogen) atoms. The van der Waals surface area contributed by atoms with Crippen molar-refractivity contribution in [3.63, 3.8) is 0 Å². The van der Waals surface area contributed by atoms with Gasteiger partial charge in [-0.3, -0.25) is 4.79 Å². The third kappa shape index (κ3) is 8.64. The van der Waals surface area contributed by atoms with Crippen molar-refractivity contribution < 1.29 is 4.79 Å². The Kier molecular flexibility index (Phi) is 12.2. The van der Waals surface area contributed by atoms with E-state index in [9.17, 15) is 4.79 Å². The Bertz CT molecular complexity index is 290. The van der Waals surface area contributed by atoms with Crippen LogP contribution in [0.4, 0.5) is 0 Å². The van der Waals surface area contributed by atoms with Gasteiger partial charge in [0.2, 0.25) is 0 Å². The predicted molar refractivity (Wildman–Crippen MR) is 76.2 cm³/mol. The summed E-state index contributed by atoms with van der Waals surface area (Å²) in [5.41, 5.74) is 7.98. The van der Waals surface area contributed by atoms with Crippen LogP contribution in [0.15, 0.2) is 24.3 Å². The molecule has 2 N–H and O–H groups in total. The number of benzene rings is 1. The number of hydrogen-bond donors (Lipinski definition) is 1. The number of ketones is 1. The molecule has 0 spiro atoms. The second-order valence-electron chi connectivity index (χ2n) is 3.41. The van der Waals surface area contributed by atoms with E-state index in [1.807, 2.05) is 58.9 Å². The number of nitrogens with two attached hydrogens (primary N) is 1. The number of carbonyl (C=O) groups is 1. The average Bonchev–Trinajstić information content (AvgIpc) is 2.37. The highest BCUT2D eigenvalue weighted by Gasteiger charge is 2.07. The van der Waals surface area contributed by atoms with E-state index in [1.165, 1.54) is 12.5 Å². The molecule has 0 aliphatic rings. The minimum absolute atomic E-state index is 0.0422. The lowest BCUT2D eigenvalue weighted by Crippen LogP contribution is -2.30. The van der Waals surface area contributed by atoms with Gasteiger partial charge in [-0.15, -0.1) is 0 Å². The zero-order valence-electron chi connectivity index (χ0n) is 12.1. The summed E-state index contributed by atoms with van der Waals surface area (Å²) in [5, 5.41) is 0. The quantitative estimate of drug-likeness (QED) is 0.874. The molecule has 0 aliphatic carbocycles. The zero-order chi connectivity index (χ0) is 13.8. The van der Waals surface area contributed by atoms with Crippen LogP contribution < -0.4 is 5.73 Å². The van der Waals surface area contributed by atoms with Gasteiger partial charge in [-0.05, 0) is 25.8 Å². The van der Waals surface area contributed by atoms with Gasteiger partial charge < -0.3 is 5.73 Å². The highest BCUT2D eigenvalue weighted by molar-refractivity contribution is 5.81. The Morgan fingerprint density at radius 3 is 1.88 bits per heavy atom. The standard InChI is InChI=1S/C11H15NO.2C2H6/c1-8-3-5-10(6-4-8)7-11(12)9(2)13;2*1-2/h3-6,11H,7,12H2,1-2H3;2*1-2H3/t11-;;/m1../s1. The van der Waals surface area contributed by atoms with Crippen LogP contribution >= 0.6 is 0 Å². The molecule has 0 saturated heterocycles. The van der Waals surface area contributed by atoms with Crippen molar-refractivity contribution in [2.75, 3.05) is 0 Å². The number of rotatable bonds is 3. The van der Waals surface area contributed by atoms with Crippen molar-refractivity contribution in [2.45, 2.75) is 54.0 Å². The molecular formula is C15H27NO. The third-order valence-electron chi connectivity index (χ3n) is 2.10. The first kappa shape index (κ1) is 18.2. The van der Waals surface area contributed by atoms with Gasteiger partial charge in [-0.1, -0.05) is 57.5 Å². The van der Waals surface area contributed by atoms with Crippen molar-refractivity contribution in [2.24, 2.45) is 5.73 Å². The Morgan fingerprint density at radius 1 is 1.12 bits per heavy atom. The molecule has 0 saturated carbocycles. The SMILES string of the molecule is CC.CC.CC(=O)[C@H](N)Cc1ccc(C)cc1. The van der Waals surface area contributed by atoms with E-state index < -0.39 is 0 Å². The van der Waals surface area contributed by atoms with Crippen LogP contribution in [0.5, 0.6) is 0 Å². The summed E-state index contributed by atoms with van der Waals surface area (Å²) in [6.07, 6.45) is 0.635. The molecule has 0 heterocycles. The maximum absolute atomic E-state index is 10.9. The fourth-order valence-corrected chi connectivity index (χ4v) is 1.12. The number of Topliss-reactive ketones (excluding diaryl/α,β-unsaturated/α-hetero) is 1. The first-order valence-corrected chi connectivity index (χ1v) is 6.41. The highest BCUT2D eigenvalue weighted by atomic mass is 16.1. The van der Waals surface area contributed by atoms with E-state index in [-0.39, 0.29) is 11.8 Å². The Labute approximate surface area is 106 Å². The molecule has 1 atom stereocenters. The topological polar surface area (TPSA) is 43.1 Å². The number of aryl methyl sites for hydroxylation is 1. The molecule has 0 unspecified atom stereocenters. The fourth-order valence-electron chi connectivity index (χ4n) is 1.12. The van der Waals surface area contributed by atoms with Crippen LogP contribution in [0, 0.1) is 6.92 Å². The maximum Gasteiger partial charge on any atom is 0.146 e. The van der Waals surface area contributed by atoms with E-state index in [0.29, 0.717) is 6.42 Å². The van der Waals surface area contributed by atoms with E-state index in [0.717, 1.165) is 5.56 Å². The van der Waals surface area contributed by atoms with Crippen LogP contribution in [0.3, 0.4) is 0 Å². The van der Waals surface area contributed by atoms with Gasteiger partial charge >= 0.3 is 0 Å². The van der Waals surface area contributed by atoms with Gasteiger partial charge in [0, 0.05) is 0 Å². The molecule has 2 nitrogen and oxygen atoms in total. The van der Waals surface area contributed by atoms with Crippen LogP contribution in [0.2, 0.25) is 0 Å². The van der Waals surface area contributed by atoms with E-state index in [4.69, 9.17) is 5.73 Å². The van der Waals surface area contributed by atoms with Crippen molar-refractivity contribution >= 4 is 5.78 Å². The van der Waals surface area contributed by atoms with Crippen molar-refractivity contribution in [3.8, 4) is 0 Å². The van der Waals surface area contributed by atoms with Crippen molar-refractivity contribution in [1.82, 2.24) is 0 Å². The van der Waals surface area contributed by atoms with Crippen molar-refractivity contribution in [3.05, 3.63) is 35.4 Å². The van der Waals surface area contributed by atoms with E-state index in [1.54, 1.807) is 0 Å². The van der Waals surface area contributed by atoms with Crippen molar-refractivity contribution in [1.29, 1.82) is 0 Å². The lowest BCUT2D eigenvalue weighted by Gasteiger charge is -2.07. The normalized spacial score (nSPS) is 10.3. The average molecular weight is 237 g/mol. The predicted octanol–water partition coefficient (Wildman–Crippen LogP) is 3.51. The smallest absolute Gasteiger partial charge is 0.146 e. The van der Waals surface area contributed by atoms with Gasteiger partial charge in [0.25, 0.3) is 0 Å². The Morgan fingerprint density at radius 2 is 1.53 bits per heavy atom. The summed E-state index contributed by atoms with van der Waals surface area (Å²) in [6, 6.07) is 7.73. The molecule has 0 radical (unpaired) electrons. The second-order valence-corrected chi connectivity index (χ2v) is 3.41. The molecule has 0 fully saturated rings. The van der Waals surface area contributed by atoms with Gasteiger partial charge in [0.05, 0.1) is 6.04 Å². The van der Waals surface area contributed by atoms with Crippen LogP contribution in [0.25, 0.3) is 0 Å². The summed E-state index contributed by atoms with van der Waals surface area (Å²) in [6.45, 7) is 11.6. The molecule has 98 valence electrons. The minimum Gasteiger partial charge on any atom is -0.321 e. The Hall–Kier alpha value is -1.15. The molecule has 2 heteroatoms. The summed E-state index contributed by atoms with van der Waals surface area (Å²) < 4.78 is 0. The molecule has 1 aromatic rings. The molecule has 0 aliphatic heterocycles. The fraction of sp³-hybridized carbons (Fsp3) is 0.533. The molecule has 0 bridgehead atoms. The van der Waals surface area contributed by atoms with E-state index >= 15 is 0 Å². The monoisotopic (exact) mass is 237 g/mol. The maximum atomic E-state index is 10.9. The zero-order valence-corrected chi connectivity index (χ0v) is 12.1. The second kappa shape index (κ2) is 11.3. The largest absolute Gasteiger partial charge is 0.321 e. The summed E-state index contributed by atoms with van der Waals surface area (Å²) in [5.74, 6) is 0.0422. The van der Waals surface area contributed by atoms with Gasteiger partial charge in [0.15, 0.2) is 0 Å². The molecular weight excluding hydrogens is 210 g/mol. The first-order chi connectivity index (χ1) is 8.09. The van der Waals surface area contributed by atoms with Crippen LogP contribution in [0.1, 0.15) is 45.7 Å². The molecule has 1 rings (SSSR count). The molecule has 0 aromatic heterocycles. The molecule has 0 amide bonds. The lowest BCUT2D eigenvalue weighted by atomic mass is 10.0. The minimum atomic E-state index is -0.359. The van der Waals surface area contributed by atoms with Gasteiger partial charge in [-0.25, -0.2) is 0 Å². The van der Waals surface area contributed by atoms with E-state index in [2.05, 4.69) is 0 Å². The lowest BCUT2D eigenvalue weighted by molar-refractivity contribution is -0.118. The summed E-state index contributed by atoms with van der Waals surface area (Å²) in [4.78, 5) is 10.9. The van der Waals surface area contributed by atoms with Gasteiger partial charge in [-0.2, -0.15) is 0 Å². The Balaban J connectivity index is 0. The summed E-state index contributed by atoms with van der Waals surface area (Å²) >= 11 is 0. The highest BCUT2D eigenvalue weighted by Crippen LogP contribution is 2.05. The third-order valence-corrected chi connectivity index (χ3v) is 2.10. The van der Waals surface area contributed by atoms with Crippen LogP contribution in [-0.2, 0) is 11.2 Å². The number of carbonyl (C=O) groups excluding carboxylic acids is 1.